The Morgan fingerprint density at radius 1 is 1.10 bits per heavy atom. The molecule has 4 heterocycles. The van der Waals surface area contributed by atoms with Crippen LogP contribution in [0.1, 0.15) is 30.1 Å². The van der Waals surface area contributed by atoms with E-state index >= 15 is 4.39 Å². The first-order valence-corrected chi connectivity index (χ1v) is 17.2. The van der Waals surface area contributed by atoms with E-state index in [1.54, 1.807) is 28.7 Å². The van der Waals surface area contributed by atoms with Gasteiger partial charge in [0.05, 0.1) is 5.39 Å². The summed E-state index contributed by atoms with van der Waals surface area (Å²) in [6.45, 7) is 4.38. The lowest BCUT2D eigenvalue weighted by molar-refractivity contribution is -0.118. The Kier molecular flexibility index (Phi) is 8.48. The van der Waals surface area contributed by atoms with E-state index in [-0.39, 0.29) is 23.8 Å². The number of aryl methyl sites for hydroxylation is 1. The monoisotopic (exact) mass is 695 g/mol. The third-order valence-electron chi connectivity index (χ3n) is 8.58. The van der Waals surface area contributed by atoms with Crippen molar-refractivity contribution in [3.63, 3.8) is 0 Å². The van der Waals surface area contributed by atoms with E-state index in [9.17, 15) is 4.79 Å². The number of anilines is 2. The van der Waals surface area contributed by atoms with Crippen LogP contribution in [0.4, 0.5) is 15.9 Å². The van der Waals surface area contributed by atoms with Crippen LogP contribution < -0.4 is 20.3 Å². The van der Waals surface area contributed by atoms with Crippen molar-refractivity contribution >= 4 is 62.6 Å². The minimum atomic E-state index is -0.624. The summed E-state index contributed by atoms with van der Waals surface area (Å²) in [4.78, 5) is 34.1. The number of nitrogens with zero attached hydrogens (tertiary/aromatic N) is 7. The summed E-state index contributed by atoms with van der Waals surface area (Å²) < 4.78 is 24.1. The first kappa shape index (κ1) is 31.4. The summed E-state index contributed by atoms with van der Waals surface area (Å²) >= 11 is 8.04. The topological polar surface area (TPSA) is 123 Å². The lowest BCUT2D eigenvalue weighted by atomic mass is 10.0. The number of ether oxygens (including phenoxy) is 1. The van der Waals surface area contributed by atoms with Crippen molar-refractivity contribution in [2.75, 3.05) is 43.0 Å². The van der Waals surface area contributed by atoms with Gasteiger partial charge in [0.2, 0.25) is 0 Å². The van der Waals surface area contributed by atoms with Crippen LogP contribution in [0.3, 0.4) is 0 Å². The van der Waals surface area contributed by atoms with Crippen LogP contribution in [0.25, 0.3) is 32.9 Å². The van der Waals surface area contributed by atoms with Gasteiger partial charge in [-0.2, -0.15) is 14.1 Å². The molecule has 1 saturated heterocycles. The van der Waals surface area contributed by atoms with Crippen molar-refractivity contribution in [3.05, 3.63) is 89.3 Å². The summed E-state index contributed by atoms with van der Waals surface area (Å²) in [6.07, 6.45) is 5.62. The molecule has 2 fully saturated rings. The second kappa shape index (κ2) is 13.2. The number of amides is 1. The molecule has 8 rings (SSSR count). The largest absolute Gasteiger partial charge is 0.453 e. The average molecular weight is 696 g/mol. The number of piperazine rings is 1. The quantitative estimate of drug-likeness (QED) is 0.176. The number of aromatic nitrogens is 6. The molecule has 49 heavy (non-hydrogen) atoms. The van der Waals surface area contributed by atoms with E-state index in [4.69, 9.17) is 16.3 Å². The third-order valence-corrected chi connectivity index (χ3v) is 9.92. The molecule has 248 valence electrons. The Bertz CT molecular complexity index is 2220. The maximum Gasteiger partial charge on any atom is 0.319 e. The van der Waals surface area contributed by atoms with Gasteiger partial charge in [0.1, 0.15) is 23.4 Å². The van der Waals surface area contributed by atoms with E-state index in [2.05, 4.69) is 35.7 Å². The predicted octanol–water partition coefficient (Wildman–Crippen LogP) is 6.40. The Hall–Kier alpha value is -4.85. The number of carbonyl (C=O) groups excluding carboxylic acids is 1. The number of hydrogen-bond acceptors (Lipinski definition) is 10. The van der Waals surface area contributed by atoms with Crippen LogP contribution in [0.5, 0.6) is 6.01 Å². The van der Waals surface area contributed by atoms with Gasteiger partial charge in [-0.25, -0.2) is 9.37 Å². The minimum Gasteiger partial charge on any atom is -0.453 e. The summed E-state index contributed by atoms with van der Waals surface area (Å²) in [5, 5.41) is 13.3. The van der Waals surface area contributed by atoms with Crippen LogP contribution in [0.15, 0.2) is 72.0 Å². The van der Waals surface area contributed by atoms with E-state index in [0.717, 1.165) is 47.6 Å². The maximum absolute atomic E-state index is 16.5. The number of pyridine rings is 1. The van der Waals surface area contributed by atoms with Gasteiger partial charge in [-0.05, 0) is 55.0 Å². The van der Waals surface area contributed by atoms with Crippen LogP contribution in [0, 0.1) is 12.7 Å². The summed E-state index contributed by atoms with van der Waals surface area (Å²) in [7, 11) is 0. The molecule has 0 atom stereocenters. The molecule has 2 N–H and O–H groups in total. The number of fused-ring (bicyclic) bond motifs is 2. The molecule has 6 aromatic rings. The first-order valence-electron chi connectivity index (χ1n) is 16.0. The molecule has 0 bridgehead atoms. The Morgan fingerprint density at radius 3 is 2.71 bits per heavy atom. The minimum absolute atomic E-state index is 0.0494. The predicted molar refractivity (Wildman–Crippen MR) is 189 cm³/mol. The Labute approximate surface area is 290 Å². The molecule has 1 aliphatic heterocycles. The van der Waals surface area contributed by atoms with Gasteiger partial charge in [-0.15, -0.1) is 5.10 Å². The molecular weight excluding hydrogens is 665 g/mol. The van der Waals surface area contributed by atoms with Crippen molar-refractivity contribution in [1.29, 1.82) is 0 Å². The second-order valence-corrected chi connectivity index (χ2v) is 13.5. The third kappa shape index (κ3) is 6.48. The van der Waals surface area contributed by atoms with Gasteiger partial charge in [-0.1, -0.05) is 41.9 Å². The number of nitrogens with one attached hydrogen (secondary N) is 2. The molecule has 0 spiro atoms. The van der Waals surface area contributed by atoms with Crippen molar-refractivity contribution in [1.82, 2.24) is 34.4 Å². The van der Waals surface area contributed by atoms with Crippen molar-refractivity contribution < 1.29 is 13.9 Å². The molecule has 3 aromatic heterocycles. The standard InChI is InChI=1S/C35H31ClFN9O2S/c1-20-16-23(10-11-27(20)49-46-19-40-33(44-46)22-8-9-22)41-28(47)18-48-35-42-32-25(34(43-35)45-14-12-38-13-15-45)17-39-31(30(32)37)24-6-2-4-21-5-3-7-26(36)29(21)24/h2-7,10-11,16-17,19,22,38H,8-9,12-15,18H2,1H3,(H,41,47). The van der Waals surface area contributed by atoms with Crippen molar-refractivity contribution in [2.24, 2.45) is 0 Å². The normalized spacial score (nSPS) is 14.8. The molecule has 11 nitrogen and oxygen atoms in total. The highest BCUT2D eigenvalue weighted by Gasteiger charge is 2.28. The number of hydrogen-bond donors (Lipinski definition) is 2. The van der Waals surface area contributed by atoms with E-state index < -0.39 is 11.7 Å². The average Bonchev–Trinajstić information content (AvgIpc) is 3.86. The zero-order chi connectivity index (χ0) is 33.5. The molecule has 3 aromatic carbocycles. The highest BCUT2D eigenvalue weighted by Crippen LogP contribution is 2.39. The van der Waals surface area contributed by atoms with E-state index in [1.165, 1.54) is 11.9 Å². The smallest absolute Gasteiger partial charge is 0.319 e. The zero-order valence-electron chi connectivity index (χ0n) is 26.5. The lowest BCUT2D eigenvalue weighted by Gasteiger charge is -2.29. The number of carbonyl (C=O) groups is 1. The first-order chi connectivity index (χ1) is 23.9. The number of benzene rings is 3. The molecule has 1 saturated carbocycles. The Balaban J connectivity index is 1.04. The fourth-order valence-electron chi connectivity index (χ4n) is 5.98. The molecule has 2 aliphatic rings. The fraction of sp³-hybridized carbons (Fsp3) is 0.257. The highest BCUT2D eigenvalue weighted by molar-refractivity contribution is 7.97. The van der Waals surface area contributed by atoms with Gasteiger partial charge >= 0.3 is 6.01 Å². The van der Waals surface area contributed by atoms with Gasteiger partial charge in [0, 0.05) is 76.8 Å². The molecular formula is C35H31ClFN9O2S. The van der Waals surface area contributed by atoms with Crippen LogP contribution >= 0.6 is 23.5 Å². The number of halogens is 2. The molecule has 0 radical (unpaired) electrons. The molecule has 0 unspecified atom stereocenters. The van der Waals surface area contributed by atoms with Crippen LogP contribution in [0.2, 0.25) is 5.02 Å². The van der Waals surface area contributed by atoms with E-state index in [1.807, 2.05) is 54.3 Å². The fourth-order valence-corrected chi connectivity index (χ4v) is 7.01. The van der Waals surface area contributed by atoms with Gasteiger partial charge in [0.25, 0.3) is 5.91 Å². The van der Waals surface area contributed by atoms with Crippen LogP contribution in [-0.2, 0) is 4.79 Å². The SMILES string of the molecule is Cc1cc(NC(=O)COc2nc(N3CCNCC3)c3cnc(-c4cccc5cccc(Cl)c45)c(F)c3n2)ccc1Sn1cnc(C2CC2)n1. The van der Waals surface area contributed by atoms with E-state index in [0.29, 0.717) is 51.9 Å². The van der Waals surface area contributed by atoms with Gasteiger partial charge in [0.15, 0.2) is 18.2 Å². The number of rotatable bonds is 9. The molecule has 1 amide bonds. The van der Waals surface area contributed by atoms with Crippen molar-refractivity contribution in [3.8, 4) is 17.3 Å². The van der Waals surface area contributed by atoms with Crippen LogP contribution in [-0.4, -0.2) is 67.8 Å². The zero-order valence-corrected chi connectivity index (χ0v) is 28.1. The summed E-state index contributed by atoms with van der Waals surface area (Å²) in [6, 6.07) is 16.6. The van der Waals surface area contributed by atoms with Gasteiger partial charge < -0.3 is 20.3 Å². The summed E-state index contributed by atoms with van der Waals surface area (Å²) in [5.41, 5.74) is 2.30. The Morgan fingerprint density at radius 2 is 1.92 bits per heavy atom. The lowest BCUT2D eigenvalue weighted by Crippen LogP contribution is -2.44. The maximum atomic E-state index is 16.5. The molecule has 1 aliphatic carbocycles. The highest BCUT2D eigenvalue weighted by atomic mass is 35.5. The molecule has 14 heteroatoms. The second-order valence-electron chi connectivity index (χ2n) is 12.1. The van der Waals surface area contributed by atoms with Crippen molar-refractivity contribution in [2.45, 2.75) is 30.6 Å². The van der Waals surface area contributed by atoms with Gasteiger partial charge in [-0.3, -0.25) is 9.78 Å². The summed E-state index contributed by atoms with van der Waals surface area (Å²) in [5.74, 6) is 0.842.